The van der Waals surface area contributed by atoms with Crippen molar-refractivity contribution < 1.29 is 27.2 Å². The van der Waals surface area contributed by atoms with Crippen LogP contribution in [-0.2, 0) is 22.3 Å². The third-order valence-corrected chi connectivity index (χ3v) is 5.35. The molecule has 10 heteroatoms. The lowest BCUT2D eigenvalue weighted by atomic mass is 10.1. The summed E-state index contributed by atoms with van der Waals surface area (Å²) in [5, 5.41) is 3.11. The number of rotatable bonds is 4. The van der Waals surface area contributed by atoms with Crippen molar-refractivity contribution in [2.24, 2.45) is 5.92 Å². The van der Waals surface area contributed by atoms with Gasteiger partial charge in [-0.05, 0) is 54.4 Å². The van der Waals surface area contributed by atoms with E-state index in [0.29, 0.717) is 22.2 Å². The molecule has 1 atom stereocenters. The van der Waals surface area contributed by atoms with E-state index in [1.165, 1.54) is 35.2 Å². The Morgan fingerprint density at radius 2 is 1.97 bits per heavy atom. The Morgan fingerprint density at radius 3 is 2.68 bits per heavy atom. The van der Waals surface area contributed by atoms with E-state index in [1.807, 2.05) is 0 Å². The monoisotopic (exact) mass is 453 g/mol. The summed E-state index contributed by atoms with van der Waals surface area (Å²) in [7, 11) is 0. The van der Waals surface area contributed by atoms with E-state index in [9.17, 15) is 27.2 Å². The maximum absolute atomic E-state index is 13.4. The molecule has 1 unspecified atom stereocenters. The smallest absolute Gasteiger partial charge is 0.351 e. The van der Waals surface area contributed by atoms with Gasteiger partial charge in [0, 0.05) is 34.7 Å². The van der Waals surface area contributed by atoms with E-state index >= 15 is 0 Å². The van der Waals surface area contributed by atoms with E-state index in [2.05, 4.69) is 10.3 Å². The highest BCUT2D eigenvalue weighted by molar-refractivity contribution is 6.30. The van der Waals surface area contributed by atoms with Crippen molar-refractivity contribution in [1.29, 1.82) is 0 Å². The Hall–Kier alpha value is -3.07. The van der Waals surface area contributed by atoms with Gasteiger partial charge in [-0.1, -0.05) is 11.6 Å². The van der Waals surface area contributed by atoms with Crippen LogP contribution in [0.15, 0.2) is 42.5 Å². The van der Waals surface area contributed by atoms with Crippen LogP contribution in [0.4, 0.5) is 23.2 Å². The number of carbonyl (C=O) groups is 2. The molecule has 0 spiro atoms. The molecule has 4 rings (SSSR count). The molecule has 1 saturated heterocycles. The molecule has 0 saturated carbocycles. The normalized spacial score (nSPS) is 16.9. The van der Waals surface area contributed by atoms with Gasteiger partial charge in [0.2, 0.25) is 11.8 Å². The molecule has 3 aromatic rings. The van der Waals surface area contributed by atoms with Crippen molar-refractivity contribution in [2.75, 3.05) is 11.4 Å². The molecule has 1 fully saturated rings. The quantitative estimate of drug-likeness (QED) is 0.446. The molecule has 2 N–H and O–H groups in total. The van der Waals surface area contributed by atoms with Crippen LogP contribution >= 0.6 is 11.6 Å². The first-order valence-corrected chi connectivity index (χ1v) is 9.73. The highest BCUT2D eigenvalue weighted by Crippen LogP contribution is 2.33. The summed E-state index contributed by atoms with van der Waals surface area (Å²) in [4.78, 5) is 28.9. The number of nitrogens with zero attached hydrogens (tertiary/aromatic N) is 1. The summed E-state index contributed by atoms with van der Waals surface area (Å²) in [6.07, 6.45) is -4.24. The Morgan fingerprint density at radius 1 is 1.19 bits per heavy atom. The number of hydrogen-bond acceptors (Lipinski definition) is 2. The van der Waals surface area contributed by atoms with Crippen molar-refractivity contribution in [3.05, 3.63) is 64.6 Å². The number of aromatic nitrogens is 1. The van der Waals surface area contributed by atoms with Crippen molar-refractivity contribution in [2.45, 2.75) is 19.1 Å². The average molecular weight is 454 g/mol. The van der Waals surface area contributed by atoms with Gasteiger partial charge in [0.1, 0.15) is 17.4 Å². The van der Waals surface area contributed by atoms with Crippen LogP contribution in [-0.4, -0.2) is 23.3 Å². The summed E-state index contributed by atoms with van der Waals surface area (Å²) in [6, 6.07) is 9.34. The van der Waals surface area contributed by atoms with Gasteiger partial charge in [0.15, 0.2) is 0 Å². The largest absolute Gasteiger partial charge is 0.431 e. The minimum atomic E-state index is -4.50. The van der Waals surface area contributed by atoms with Crippen molar-refractivity contribution in [1.82, 2.24) is 10.3 Å². The second-order valence-corrected chi connectivity index (χ2v) is 7.72. The zero-order valence-electron chi connectivity index (χ0n) is 15.9. The second kappa shape index (κ2) is 7.88. The van der Waals surface area contributed by atoms with Gasteiger partial charge < -0.3 is 15.2 Å². The van der Waals surface area contributed by atoms with Gasteiger partial charge >= 0.3 is 6.18 Å². The first-order valence-electron chi connectivity index (χ1n) is 9.36. The molecule has 1 aromatic heterocycles. The molecular weight excluding hydrogens is 438 g/mol. The lowest BCUT2D eigenvalue weighted by molar-refractivity contribution is -0.140. The summed E-state index contributed by atoms with van der Waals surface area (Å²) < 4.78 is 52.1. The highest BCUT2D eigenvalue weighted by atomic mass is 35.5. The molecule has 5 nitrogen and oxygen atoms in total. The number of nitrogens with one attached hydrogen (secondary N) is 2. The third kappa shape index (κ3) is 4.36. The molecule has 1 aliphatic rings. The Balaban J connectivity index is 1.46. The molecule has 0 radical (unpaired) electrons. The summed E-state index contributed by atoms with van der Waals surface area (Å²) in [5.41, 5.74) is 0.296. The van der Waals surface area contributed by atoms with Crippen LogP contribution in [0.5, 0.6) is 0 Å². The van der Waals surface area contributed by atoms with Crippen LogP contribution < -0.4 is 10.2 Å². The Labute approximate surface area is 179 Å². The lowest BCUT2D eigenvalue weighted by Gasteiger charge is -2.17. The van der Waals surface area contributed by atoms with Gasteiger partial charge in [-0.25, -0.2) is 4.39 Å². The molecule has 0 bridgehead atoms. The molecule has 2 aromatic carbocycles. The van der Waals surface area contributed by atoms with E-state index in [-0.39, 0.29) is 24.5 Å². The number of aromatic amines is 1. The van der Waals surface area contributed by atoms with Gasteiger partial charge in [-0.3, -0.25) is 9.59 Å². The van der Waals surface area contributed by atoms with Crippen LogP contribution in [0.1, 0.15) is 17.7 Å². The van der Waals surface area contributed by atoms with Gasteiger partial charge in [0.05, 0.1) is 0 Å². The summed E-state index contributed by atoms with van der Waals surface area (Å²) in [5.74, 6) is -2.42. The SMILES string of the molecule is O=C(NCc1cc(F)cc(Cl)c1)C1CCN(c2ccc3[nH]c(C(F)(F)F)cc3c2)C1=O. The lowest BCUT2D eigenvalue weighted by Crippen LogP contribution is -2.36. The topological polar surface area (TPSA) is 65.2 Å². The third-order valence-electron chi connectivity index (χ3n) is 5.13. The number of H-pyrrole nitrogens is 1. The number of alkyl halides is 3. The Bertz CT molecular complexity index is 1150. The predicted octanol–water partition coefficient (Wildman–Crippen LogP) is 4.65. The predicted molar refractivity (Wildman–Crippen MR) is 107 cm³/mol. The van der Waals surface area contributed by atoms with E-state index < -0.39 is 35.4 Å². The molecular formula is C21H16ClF4N3O2. The molecule has 2 heterocycles. The zero-order chi connectivity index (χ0) is 22.3. The second-order valence-electron chi connectivity index (χ2n) is 7.28. The first kappa shape index (κ1) is 21.2. The van der Waals surface area contributed by atoms with Crippen molar-refractivity contribution >= 4 is 40.0 Å². The average Bonchev–Trinajstić information content (AvgIpc) is 3.28. The summed E-state index contributed by atoms with van der Waals surface area (Å²) >= 11 is 5.79. The van der Waals surface area contributed by atoms with E-state index in [0.717, 1.165) is 12.1 Å². The minimum Gasteiger partial charge on any atom is -0.351 e. The highest BCUT2D eigenvalue weighted by Gasteiger charge is 2.38. The summed E-state index contributed by atoms with van der Waals surface area (Å²) in [6.45, 7) is 0.264. The number of hydrogen-bond donors (Lipinski definition) is 2. The fourth-order valence-electron chi connectivity index (χ4n) is 3.65. The maximum atomic E-state index is 13.4. The minimum absolute atomic E-state index is 0.00955. The van der Waals surface area contributed by atoms with Crippen LogP contribution in [0.2, 0.25) is 5.02 Å². The standard InChI is InChI=1S/C21H16ClF4N3O2/c22-13-5-11(6-14(23)9-13)10-27-19(30)16-3-4-29(20(16)31)15-1-2-17-12(7-15)8-18(28-17)21(24,25)26/h1-2,5-9,16,28H,3-4,10H2,(H,27,30). The fraction of sp³-hybridized carbons (Fsp3) is 0.238. The molecule has 31 heavy (non-hydrogen) atoms. The number of amides is 2. The van der Waals surface area contributed by atoms with Crippen LogP contribution in [0.3, 0.4) is 0 Å². The Kier molecular flexibility index (Phi) is 5.38. The van der Waals surface area contributed by atoms with Gasteiger partial charge in [0.25, 0.3) is 0 Å². The van der Waals surface area contributed by atoms with Gasteiger partial charge in [-0.2, -0.15) is 13.2 Å². The fourth-order valence-corrected chi connectivity index (χ4v) is 3.89. The molecule has 1 aliphatic heterocycles. The number of fused-ring (bicyclic) bond motifs is 1. The van der Waals surface area contributed by atoms with Gasteiger partial charge in [-0.15, -0.1) is 0 Å². The van der Waals surface area contributed by atoms with Crippen molar-refractivity contribution in [3.63, 3.8) is 0 Å². The van der Waals surface area contributed by atoms with E-state index in [1.54, 1.807) is 0 Å². The number of anilines is 1. The van der Waals surface area contributed by atoms with E-state index in [4.69, 9.17) is 11.6 Å². The first-order chi connectivity index (χ1) is 14.6. The van der Waals surface area contributed by atoms with Crippen LogP contribution in [0, 0.1) is 11.7 Å². The number of halogens is 5. The molecule has 2 amide bonds. The maximum Gasteiger partial charge on any atom is 0.431 e. The number of benzene rings is 2. The number of carbonyl (C=O) groups excluding carboxylic acids is 2. The zero-order valence-corrected chi connectivity index (χ0v) is 16.6. The van der Waals surface area contributed by atoms with Crippen LogP contribution in [0.25, 0.3) is 10.9 Å². The van der Waals surface area contributed by atoms with Crippen molar-refractivity contribution in [3.8, 4) is 0 Å². The molecule has 0 aliphatic carbocycles. The molecule has 162 valence electrons.